The van der Waals surface area contributed by atoms with Gasteiger partial charge in [-0.05, 0) is 96.3 Å². The van der Waals surface area contributed by atoms with Crippen molar-refractivity contribution in [2.75, 3.05) is 6.61 Å². The summed E-state index contributed by atoms with van der Waals surface area (Å²) in [7, 11) is 0. The zero-order chi connectivity index (χ0) is 48.6. The highest BCUT2D eigenvalue weighted by Crippen LogP contribution is 2.47. The zero-order valence-electron chi connectivity index (χ0n) is 39.4. The monoisotopic (exact) mass is 932 g/mol. The molecular formula is C64H44N4O4. The number of ether oxygens (including phenoxy) is 1. The minimum atomic E-state index is -0.621. The van der Waals surface area contributed by atoms with Crippen LogP contribution in [-0.2, 0) is 4.74 Å². The fraction of sp³-hybridized carbons (Fsp3) is 0.0625. The maximum Gasteiger partial charge on any atom is 0.338 e. The third-order valence-corrected chi connectivity index (χ3v) is 14.4. The van der Waals surface area contributed by atoms with E-state index in [1.807, 2.05) is 24.3 Å². The Kier molecular flexibility index (Phi) is 10.0. The first-order chi connectivity index (χ1) is 35.3. The number of aryl methyl sites for hydroxylation is 1. The van der Waals surface area contributed by atoms with Crippen LogP contribution in [0.2, 0.25) is 0 Å². The van der Waals surface area contributed by atoms with E-state index in [0.29, 0.717) is 11.1 Å². The van der Waals surface area contributed by atoms with E-state index in [1.54, 1.807) is 36.4 Å². The molecule has 0 saturated heterocycles. The summed E-state index contributed by atoms with van der Waals surface area (Å²) < 4.78 is 8.86. The molecule has 8 aromatic rings. The molecule has 0 spiro atoms. The Morgan fingerprint density at radius 2 is 1.15 bits per heavy atom. The smallest absolute Gasteiger partial charge is 0.338 e. The van der Waals surface area contributed by atoms with Crippen LogP contribution in [0.25, 0.3) is 28.0 Å². The molecule has 1 unspecified atom stereocenters. The normalized spacial score (nSPS) is 18.0. The molecule has 6 bridgehead atoms. The highest BCUT2D eigenvalue weighted by atomic mass is 16.5. The van der Waals surface area contributed by atoms with Crippen LogP contribution in [0.4, 0.5) is 0 Å². The van der Waals surface area contributed by atoms with Crippen LogP contribution in [-0.4, -0.2) is 50.3 Å². The average Bonchev–Trinajstić information content (AvgIpc) is 4.25. The number of aliphatic imine (C=N–C) groups is 1. The van der Waals surface area contributed by atoms with Gasteiger partial charge in [0, 0.05) is 60.9 Å². The summed E-state index contributed by atoms with van der Waals surface area (Å²) in [5.41, 5.74) is 16.5. The molecule has 6 aromatic carbocycles. The molecule has 0 amide bonds. The van der Waals surface area contributed by atoms with E-state index < -0.39 is 12.0 Å². The Morgan fingerprint density at radius 3 is 1.82 bits per heavy atom. The van der Waals surface area contributed by atoms with Gasteiger partial charge >= 0.3 is 5.97 Å². The number of aromatic amines is 1. The van der Waals surface area contributed by atoms with Crippen molar-refractivity contribution in [3.05, 3.63) is 301 Å². The Labute approximate surface area is 415 Å². The Balaban J connectivity index is 1.09. The number of allylic oxidation sites excluding steroid dienone is 4. The minimum Gasteiger partial charge on any atom is -0.456 e. The largest absolute Gasteiger partial charge is 0.456 e. The summed E-state index contributed by atoms with van der Waals surface area (Å²) in [5, 5.41) is 1.84. The number of fused-ring (bicyclic) bond motifs is 5. The number of carbonyl (C=O) groups excluding carboxylic acids is 3. The second-order valence-corrected chi connectivity index (χ2v) is 18.5. The molecule has 8 nitrogen and oxygen atoms in total. The van der Waals surface area contributed by atoms with Crippen LogP contribution >= 0.6 is 0 Å². The molecule has 344 valence electrons. The van der Waals surface area contributed by atoms with Gasteiger partial charge in [0.1, 0.15) is 6.61 Å². The molecule has 2 aromatic heterocycles. The summed E-state index contributed by atoms with van der Waals surface area (Å²) in [6.07, 6.45) is 8.71. The van der Waals surface area contributed by atoms with E-state index in [-0.39, 0.29) is 34.9 Å². The lowest BCUT2D eigenvalue weighted by atomic mass is 9.83. The van der Waals surface area contributed by atoms with Crippen molar-refractivity contribution in [2.24, 2.45) is 4.99 Å². The zero-order valence-corrected chi connectivity index (χ0v) is 39.4. The van der Waals surface area contributed by atoms with E-state index >= 15 is 0 Å². The van der Waals surface area contributed by atoms with Crippen LogP contribution in [0, 0.1) is 6.92 Å². The van der Waals surface area contributed by atoms with Gasteiger partial charge in [0.05, 0.1) is 45.8 Å². The summed E-state index contributed by atoms with van der Waals surface area (Å²) in [6.45, 7) is 4.14. The predicted molar refractivity (Wildman–Crippen MR) is 282 cm³/mol. The van der Waals surface area contributed by atoms with Gasteiger partial charge in [-0.25, -0.2) is 9.79 Å². The van der Waals surface area contributed by atoms with Crippen molar-refractivity contribution >= 4 is 51.2 Å². The van der Waals surface area contributed by atoms with Gasteiger partial charge in [-0.3, -0.25) is 9.59 Å². The first-order valence-electron chi connectivity index (χ1n) is 24.1. The van der Waals surface area contributed by atoms with E-state index in [9.17, 15) is 14.4 Å². The van der Waals surface area contributed by atoms with Crippen LogP contribution in [0.15, 0.2) is 228 Å². The highest BCUT2D eigenvalue weighted by molar-refractivity contribution is 6.31. The second-order valence-electron chi connectivity index (χ2n) is 18.5. The molecule has 1 aliphatic carbocycles. The Hall–Kier alpha value is -9.40. The van der Waals surface area contributed by atoms with Crippen LogP contribution < -0.4 is 10.7 Å². The first kappa shape index (κ1) is 42.7. The van der Waals surface area contributed by atoms with E-state index in [1.165, 1.54) is 6.07 Å². The number of rotatable bonds is 7. The third-order valence-electron chi connectivity index (χ3n) is 14.4. The minimum absolute atomic E-state index is 0.138. The molecule has 1 N–H and O–H groups in total. The molecule has 1 atom stereocenters. The molecule has 6 heterocycles. The van der Waals surface area contributed by atoms with Crippen molar-refractivity contribution in [1.82, 2.24) is 14.5 Å². The quantitative estimate of drug-likeness (QED) is 0.161. The number of carbonyl (C=O) groups is 3. The van der Waals surface area contributed by atoms with E-state index in [2.05, 4.69) is 168 Å². The molecule has 4 aliphatic heterocycles. The molecule has 0 fully saturated rings. The summed E-state index contributed by atoms with van der Waals surface area (Å²) in [6, 6.07) is 59.4. The lowest BCUT2D eigenvalue weighted by molar-refractivity contribution is 0.0519. The van der Waals surface area contributed by atoms with E-state index in [4.69, 9.17) is 9.73 Å². The van der Waals surface area contributed by atoms with Gasteiger partial charge in [0.25, 0.3) is 0 Å². The molecule has 0 radical (unpaired) electrons. The van der Waals surface area contributed by atoms with Gasteiger partial charge < -0.3 is 19.2 Å². The third kappa shape index (κ3) is 6.75. The van der Waals surface area contributed by atoms with Crippen molar-refractivity contribution in [2.45, 2.75) is 19.9 Å². The number of aromatic nitrogens is 2. The topological polar surface area (TPSA) is 96.8 Å². The van der Waals surface area contributed by atoms with Crippen molar-refractivity contribution in [3.63, 3.8) is 0 Å². The Morgan fingerprint density at radius 1 is 0.583 bits per heavy atom. The standard InChI is InChI=1S/C64H44N4O4/c1-38-35-55-59(42-21-11-5-12-22-42)52-32-30-50(66-52)57(40-17-7-3-8-18-40)49-29-31-51(65-49)58(41-19-9-4-10-20-41)53-33-34-54-60(43-23-13-6-14-24-43)61(38)67(55)39(2)56(68(53)54)37-72-64(71)44-27-28-47-48(36-44)63(70)46-26-16-15-25-45(46)62(47)69/h3-36,53,65H,37H2,1-2H3/b57-49-,58-51-,59-52?. The lowest BCUT2D eigenvalue weighted by Gasteiger charge is -2.33. The van der Waals surface area contributed by atoms with Crippen LogP contribution in [0.1, 0.15) is 88.3 Å². The van der Waals surface area contributed by atoms with Crippen molar-refractivity contribution < 1.29 is 19.1 Å². The number of nitrogens with zero attached hydrogens (tertiary/aromatic N) is 3. The fourth-order valence-corrected chi connectivity index (χ4v) is 11.2. The number of benzene rings is 6. The van der Waals surface area contributed by atoms with Crippen LogP contribution in [0.5, 0.6) is 0 Å². The number of hydrogen-bond donors (Lipinski definition) is 1. The SMILES string of the molecule is CC1=C(COC(=O)c2ccc3c(c2)C(=O)c2ccccc2C3=O)N2C3=C(c4ccccc4)c4c(C)cc(n41)C(c1ccccc1)=C1C=CC(=N1)/C(c1ccccc1)=c1/cc/c([nH]1)=C(\c1ccccc1)C2C=C3. The molecular weight excluding hydrogens is 889 g/mol. The second kappa shape index (κ2) is 16.9. The van der Waals surface area contributed by atoms with Gasteiger partial charge in [0.15, 0.2) is 11.6 Å². The van der Waals surface area contributed by atoms with Gasteiger partial charge in [0.2, 0.25) is 0 Å². The van der Waals surface area contributed by atoms with Crippen molar-refractivity contribution in [1.29, 1.82) is 0 Å². The maximum atomic E-state index is 14.6. The molecule has 72 heavy (non-hydrogen) atoms. The van der Waals surface area contributed by atoms with Gasteiger partial charge in [-0.1, -0.05) is 152 Å². The summed E-state index contributed by atoms with van der Waals surface area (Å²) >= 11 is 0. The number of H-pyrrole nitrogens is 1. The number of esters is 1. The number of ketones is 2. The van der Waals surface area contributed by atoms with Gasteiger partial charge in [-0.15, -0.1) is 0 Å². The number of hydrogen-bond acceptors (Lipinski definition) is 6. The highest BCUT2D eigenvalue weighted by Gasteiger charge is 2.40. The fourth-order valence-electron chi connectivity index (χ4n) is 11.2. The van der Waals surface area contributed by atoms with Crippen molar-refractivity contribution in [3.8, 4) is 0 Å². The maximum absolute atomic E-state index is 14.6. The van der Waals surface area contributed by atoms with Gasteiger partial charge in [-0.2, -0.15) is 0 Å². The lowest BCUT2D eigenvalue weighted by Crippen LogP contribution is -2.36. The molecule has 5 aliphatic rings. The molecule has 8 heteroatoms. The predicted octanol–water partition coefficient (Wildman–Crippen LogP) is 10.8. The Bertz CT molecular complexity index is 3980. The van der Waals surface area contributed by atoms with E-state index in [0.717, 1.165) is 101 Å². The summed E-state index contributed by atoms with van der Waals surface area (Å²) in [4.78, 5) is 53.9. The average molecular weight is 933 g/mol. The molecule has 0 saturated carbocycles. The van der Waals surface area contributed by atoms with Crippen LogP contribution in [0.3, 0.4) is 0 Å². The summed E-state index contributed by atoms with van der Waals surface area (Å²) in [5.74, 6) is -1.18. The number of nitrogens with one attached hydrogen (secondary N) is 1. The first-order valence-corrected chi connectivity index (χ1v) is 24.1. The molecule has 13 rings (SSSR count).